The largest absolute Gasteiger partial charge is 0.355 e. The highest BCUT2D eigenvalue weighted by atomic mass is 127. The molecule has 0 aliphatic heterocycles. The van der Waals surface area contributed by atoms with Crippen LogP contribution >= 0.6 is 24.0 Å². The molecular weight excluding hydrogens is 445 g/mol. The maximum atomic E-state index is 11.9. The Labute approximate surface area is 170 Å². The van der Waals surface area contributed by atoms with Crippen molar-refractivity contribution in [3.8, 4) is 0 Å². The van der Waals surface area contributed by atoms with Crippen LogP contribution in [0.1, 0.15) is 18.3 Å². The number of nitrogens with one attached hydrogen (secondary N) is 3. The minimum Gasteiger partial charge on any atom is -0.355 e. The van der Waals surface area contributed by atoms with Gasteiger partial charge < -0.3 is 20.5 Å². The van der Waals surface area contributed by atoms with Gasteiger partial charge in [-0.3, -0.25) is 9.79 Å². The van der Waals surface area contributed by atoms with Gasteiger partial charge in [0.25, 0.3) is 0 Å². The van der Waals surface area contributed by atoms with Crippen LogP contribution in [0.4, 0.5) is 0 Å². The SMILES string of the molecule is CCc1nncn1CCNC(=NC)NCC(=O)NCc1ccccc1.I. The highest BCUT2D eigenvalue weighted by Crippen LogP contribution is 1.97. The van der Waals surface area contributed by atoms with Crippen LogP contribution < -0.4 is 16.0 Å². The van der Waals surface area contributed by atoms with Crippen molar-refractivity contribution in [1.29, 1.82) is 0 Å². The number of benzene rings is 1. The van der Waals surface area contributed by atoms with Gasteiger partial charge in [-0.1, -0.05) is 37.3 Å². The predicted octanol–water partition coefficient (Wildman–Crippen LogP) is 0.940. The molecule has 0 atom stereocenters. The van der Waals surface area contributed by atoms with Crippen molar-refractivity contribution in [1.82, 2.24) is 30.7 Å². The molecule has 1 aromatic carbocycles. The summed E-state index contributed by atoms with van der Waals surface area (Å²) in [6.07, 6.45) is 2.56. The Morgan fingerprint density at radius 3 is 2.65 bits per heavy atom. The van der Waals surface area contributed by atoms with Gasteiger partial charge in [-0.05, 0) is 5.56 Å². The molecule has 2 rings (SSSR count). The lowest BCUT2D eigenvalue weighted by Crippen LogP contribution is -2.43. The van der Waals surface area contributed by atoms with Crippen LogP contribution in [0.2, 0.25) is 0 Å². The summed E-state index contributed by atoms with van der Waals surface area (Å²) in [6.45, 7) is 4.12. The average Bonchev–Trinajstić information content (AvgIpc) is 3.11. The summed E-state index contributed by atoms with van der Waals surface area (Å²) in [6, 6.07) is 9.80. The van der Waals surface area contributed by atoms with Crippen molar-refractivity contribution < 1.29 is 4.79 Å². The molecule has 3 N–H and O–H groups in total. The van der Waals surface area contributed by atoms with Gasteiger partial charge in [0, 0.05) is 33.1 Å². The van der Waals surface area contributed by atoms with Crippen molar-refractivity contribution in [3.63, 3.8) is 0 Å². The van der Waals surface area contributed by atoms with E-state index in [2.05, 4.69) is 31.1 Å². The zero-order valence-corrected chi connectivity index (χ0v) is 17.4. The molecule has 142 valence electrons. The number of amides is 1. The summed E-state index contributed by atoms with van der Waals surface area (Å²) in [4.78, 5) is 16.0. The van der Waals surface area contributed by atoms with E-state index in [0.717, 1.165) is 24.4 Å². The second-order valence-corrected chi connectivity index (χ2v) is 5.41. The van der Waals surface area contributed by atoms with Crippen LogP contribution in [0.3, 0.4) is 0 Å². The number of nitrogens with zero attached hydrogens (tertiary/aromatic N) is 4. The summed E-state index contributed by atoms with van der Waals surface area (Å²) in [5.74, 6) is 1.45. The number of aliphatic imine (C=N–C) groups is 1. The first kappa shape index (κ1) is 21.9. The Hall–Kier alpha value is -2.17. The van der Waals surface area contributed by atoms with E-state index < -0.39 is 0 Å². The number of halogens is 1. The Morgan fingerprint density at radius 1 is 1.19 bits per heavy atom. The highest BCUT2D eigenvalue weighted by molar-refractivity contribution is 14.0. The van der Waals surface area contributed by atoms with Crippen LogP contribution in [-0.2, 0) is 24.3 Å². The van der Waals surface area contributed by atoms with Crippen LogP contribution in [0, 0.1) is 0 Å². The molecule has 0 aliphatic carbocycles. The Balaban J connectivity index is 0.00000338. The Morgan fingerprint density at radius 2 is 1.96 bits per heavy atom. The summed E-state index contributed by atoms with van der Waals surface area (Å²) in [5.41, 5.74) is 1.07. The molecule has 8 nitrogen and oxygen atoms in total. The second-order valence-electron chi connectivity index (χ2n) is 5.41. The third-order valence-electron chi connectivity index (χ3n) is 3.63. The van der Waals surface area contributed by atoms with Gasteiger partial charge in [0.05, 0.1) is 6.54 Å². The monoisotopic (exact) mass is 471 g/mol. The molecule has 0 aliphatic rings. The average molecular weight is 471 g/mol. The fourth-order valence-corrected chi connectivity index (χ4v) is 2.28. The molecule has 0 bridgehead atoms. The van der Waals surface area contributed by atoms with E-state index in [4.69, 9.17) is 0 Å². The van der Waals surface area contributed by atoms with Crippen molar-refractivity contribution in [3.05, 3.63) is 48.0 Å². The third kappa shape index (κ3) is 7.38. The first-order valence-electron chi connectivity index (χ1n) is 8.34. The molecular formula is C17H26IN7O. The minimum absolute atomic E-state index is 0. The highest BCUT2D eigenvalue weighted by Gasteiger charge is 2.05. The summed E-state index contributed by atoms with van der Waals surface area (Å²) in [7, 11) is 1.67. The van der Waals surface area contributed by atoms with Crippen LogP contribution in [0.25, 0.3) is 0 Å². The molecule has 2 aromatic rings. The molecule has 0 unspecified atom stereocenters. The van der Waals surface area contributed by atoms with E-state index in [0.29, 0.717) is 19.0 Å². The maximum Gasteiger partial charge on any atom is 0.239 e. The lowest BCUT2D eigenvalue weighted by Gasteiger charge is -2.12. The van der Waals surface area contributed by atoms with Crippen LogP contribution in [0.5, 0.6) is 0 Å². The number of carbonyl (C=O) groups excluding carboxylic acids is 1. The summed E-state index contributed by atoms with van der Waals surface area (Å²) >= 11 is 0. The smallest absolute Gasteiger partial charge is 0.239 e. The van der Waals surface area contributed by atoms with E-state index in [1.54, 1.807) is 13.4 Å². The van der Waals surface area contributed by atoms with Crippen LogP contribution in [-0.4, -0.2) is 46.8 Å². The lowest BCUT2D eigenvalue weighted by atomic mass is 10.2. The zero-order chi connectivity index (χ0) is 17.9. The number of guanidine groups is 1. The Bertz CT molecular complexity index is 687. The number of aryl methyl sites for hydroxylation is 1. The molecule has 1 heterocycles. The van der Waals surface area contributed by atoms with Crippen molar-refractivity contribution in [2.75, 3.05) is 20.1 Å². The number of carbonyl (C=O) groups is 1. The molecule has 0 saturated heterocycles. The van der Waals surface area contributed by atoms with Gasteiger partial charge in [-0.25, -0.2) is 0 Å². The third-order valence-corrected chi connectivity index (χ3v) is 3.63. The maximum absolute atomic E-state index is 11.9. The first-order valence-corrected chi connectivity index (χ1v) is 8.34. The number of aromatic nitrogens is 3. The molecule has 0 fully saturated rings. The van der Waals surface area contributed by atoms with E-state index in [1.807, 2.05) is 41.8 Å². The number of rotatable bonds is 8. The molecule has 26 heavy (non-hydrogen) atoms. The van der Waals surface area contributed by atoms with E-state index in [1.165, 1.54) is 0 Å². The van der Waals surface area contributed by atoms with Gasteiger partial charge in [0.15, 0.2) is 5.96 Å². The van der Waals surface area contributed by atoms with Crippen LogP contribution in [0.15, 0.2) is 41.7 Å². The van der Waals surface area contributed by atoms with Gasteiger partial charge in [0.1, 0.15) is 12.2 Å². The van der Waals surface area contributed by atoms with Gasteiger partial charge in [-0.2, -0.15) is 0 Å². The van der Waals surface area contributed by atoms with Crippen molar-refractivity contribution >= 4 is 35.8 Å². The molecule has 0 saturated carbocycles. The topological polar surface area (TPSA) is 96.2 Å². The fourth-order valence-electron chi connectivity index (χ4n) is 2.28. The zero-order valence-electron chi connectivity index (χ0n) is 15.1. The summed E-state index contributed by atoms with van der Waals surface area (Å²) < 4.78 is 1.99. The van der Waals surface area contributed by atoms with E-state index in [-0.39, 0.29) is 36.4 Å². The molecule has 1 amide bonds. The van der Waals surface area contributed by atoms with E-state index in [9.17, 15) is 4.79 Å². The quantitative estimate of drug-likeness (QED) is 0.303. The Kier molecular flexibility index (Phi) is 10.3. The van der Waals surface area contributed by atoms with Crippen molar-refractivity contribution in [2.45, 2.75) is 26.4 Å². The minimum atomic E-state index is -0.0844. The number of hydrogen-bond donors (Lipinski definition) is 3. The fraction of sp³-hybridized carbons (Fsp3) is 0.412. The summed E-state index contributed by atoms with van der Waals surface area (Å²) in [5, 5.41) is 17.0. The lowest BCUT2D eigenvalue weighted by molar-refractivity contribution is -0.120. The normalized spacial score (nSPS) is 10.8. The molecule has 1 aromatic heterocycles. The standard InChI is InChI=1S/C17H25N7O.HI/c1-3-15-23-22-13-24(15)10-9-19-17(18-2)21-12-16(25)20-11-14-7-5-4-6-8-14;/h4-8,13H,3,9-12H2,1-2H3,(H,20,25)(H2,18,19,21);1H. The molecule has 9 heteroatoms. The van der Waals surface area contributed by atoms with Gasteiger partial charge >= 0.3 is 0 Å². The van der Waals surface area contributed by atoms with E-state index >= 15 is 0 Å². The molecule has 0 spiro atoms. The molecule has 0 radical (unpaired) electrons. The first-order chi connectivity index (χ1) is 12.2. The predicted molar refractivity (Wildman–Crippen MR) is 112 cm³/mol. The van der Waals surface area contributed by atoms with Crippen molar-refractivity contribution in [2.24, 2.45) is 4.99 Å². The second kappa shape index (κ2) is 12.2. The number of hydrogen-bond acceptors (Lipinski definition) is 4. The van der Waals surface area contributed by atoms with Gasteiger partial charge in [-0.15, -0.1) is 34.2 Å². The van der Waals surface area contributed by atoms with Gasteiger partial charge in [0.2, 0.25) is 5.91 Å².